The number of hydrogen-bond acceptors (Lipinski definition) is 7. The van der Waals surface area contributed by atoms with Gasteiger partial charge in [-0.3, -0.25) is 4.79 Å². The Morgan fingerprint density at radius 2 is 1.90 bits per heavy atom. The van der Waals surface area contributed by atoms with Crippen LogP contribution in [0.3, 0.4) is 0 Å². The zero-order chi connectivity index (χ0) is 20.8. The number of carbonyl (C=O) groups excluding carboxylic acids is 1. The summed E-state index contributed by atoms with van der Waals surface area (Å²) in [7, 11) is 0. The van der Waals surface area contributed by atoms with E-state index in [9.17, 15) is 4.79 Å². The van der Waals surface area contributed by atoms with Crippen molar-refractivity contribution in [2.24, 2.45) is 5.92 Å². The topological polar surface area (TPSA) is 64.1 Å². The van der Waals surface area contributed by atoms with Crippen molar-refractivity contribution in [3.8, 4) is 0 Å². The summed E-state index contributed by atoms with van der Waals surface area (Å²) < 4.78 is 5.43. The van der Waals surface area contributed by atoms with Crippen LogP contribution in [-0.2, 0) is 15.4 Å². The standard InChI is InChI=1S/C24H23N3O2S2/c28-23(15-4-3-5-15)29-31-24-26-20-12-13-30-21(20)22(27-24)25-19-11-10-16(14-8-9-14)17-6-1-2-7-18(17)19/h1-2,6-7,10-11,14-15H,3-5,8-9,12-13H2,(H,25,26,27). The lowest BCUT2D eigenvalue weighted by Crippen LogP contribution is -2.22. The van der Waals surface area contributed by atoms with E-state index in [2.05, 4.69) is 46.7 Å². The Bertz CT molecular complexity index is 1170. The number of hydrogen-bond donors (Lipinski definition) is 1. The Morgan fingerprint density at radius 3 is 2.68 bits per heavy atom. The Hall–Kier alpha value is -2.25. The molecule has 31 heavy (non-hydrogen) atoms. The minimum absolute atomic E-state index is 0.0476. The maximum atomic E-state index is 12.1. The Morgan fingerprint density at radius 1 is 1.06 bits per heavy atom. The first-order valence-electron chi connectivity index (χ1n) is 11.0. The highest BCUT2D eigenvalue weighted by Crippen LogP contribution is 2.45. The Balaban J connectivity index is 1.31. The predicted molar refractivity (Wildman–Crippen MR) is 125 cm³/mol. The van der Waals surface area contributed by atoms with Crippen molar-refractivity contribution in [3.63, 3.8) is 0 Å². The van der Waals surface area contributed by atoms with Crippen molar-refractivity contribution >= 4 is 52.1 Å². The SMILES string of the molecule is O=C(OSc1nc2c(c(Nc3ccc(C4CC4)c4ccccc34)n1)SCC2)C1CCC1. The summed E-state index contributed by atoms with van der Waals surface area (Å²) in [6.07, 6.45) is 6.44. The summed E-state index contributed by atoms with van der Waals surface area (Å²) in [5.41, 5.74) is 3.53. The molecule has 7 heteroatoms. The molecule has 0 radical (unpaired) electrons. The monoisotopic (exact) mass is 449 g/mol. The second-order valence-electron chi connectivity index (χ2n) is 8.49. The third kappa shape index (κ3) is 3.78. The average Bonchev–Trinajstić information content (AvgIpc) is 3.47. The first-order valence-corrected chi connectivity index (χ1v) is 12.7. The van der Waals surface area contributed by atoms with Gasteiger partial charge in [-0.1, -0.05) is 36.8 Å². The van der Waals surface area contributed by atoms with E-state index in [0.717, 1.165) is 65.6 Å². The fourth-order valence-corrected chi connectivity index (χ4v) is 5.88. The number of nitrogens with one attached hydrogen (secondary N) is 1. The molecule has 0 bridgehead atoms. The first-order chi connectivity index (χ1) is 15.3. The molecule has 1 aromatic heterocycles. The van der Waals surface area contributed by atoms with Crippen LogP contribution in [0, 0.1) is 5.92 Å². The lowest BCUT2D eigenvalue weighted by atomic mass is 9.86. The van der Waals surface area contributed by atoms with Gasteiger partial charge in [0.2, 0.25) is 5.16 Å². The third-order valence-corrected chi connectivity index (χ3v) is 8.07. The van der Waals surface area contributed by atoms with Crippen molar-refractivity contribution in [3.05, 3.63) is 47.7 Å². The molecule has 2 saturated carbocycles. The van der Waals surface area contributed by atoms with Crippen molar-refractivity contribution in [1.29, 1.82) is 0 Å². The molecule has 1 aliphatic heterocycles. The van der Waals surface area contributed by atoms with Crippen LogP contribution < -0.4 is 5.32 Å². The summed E-state index contributed by atoms with van der Waals surface area (Å²) in [4.78, 5) is 22.6. The number of benzene rings is 2. The smallest absolute Gasteiger partial charge is 0.321 e. The summed E-state index contributed by atoms with van der Waals surface area (Å²) >= 11 is 2.78. The molecular weight excluding hydrogens is 426 g/mol. The van der Waals surface area contributed by atoms with E-state index in [1.807, 2.05) is 0 Å². The number of nitrogens with zero attached hydrogens (tertiary/aromatic N) is 2. The van der Waals surface area contributed by atoms with Crippen LogP contribution in [-0.4, -0.2) is 21.7 Å². The van der Waals surface area contributed by atoms with Crippen LogP contribution in [0.4, 0.5) is 11.5 Å². The highest BCUT2D eigenvalue weighted by Gasteiger charge is 2.29. The largest absolute Gasteiger partial charge is 0.382 e. The second kappa shape index (κ2) is 8.02. The molecule has 0 spiro atoms. The lowest BCUT2D eigenvalue weighted by Gasteiger charge is -2.22. The quantitative estimate of drug-likeness (QED) is 0.352. The molecule has 2 heterocycles. The fraction of sp³-hybridized carbons (Fsp3) is 0.375. The van der Waals surface area contributed by atoms with Crippen LogP contribution in [0.2, 0.25) is 0 Å². The van der Waals surface area contributed by atoms with E-state index in [4.69, 9.17) is 9.17 Å². The molecule has 158 valence electrons. The summed E-state index contributed by atoms with van der Waals surface area (Å²) in [6.45, 7) is 0. The molecule has 1 N–H and O–H groups in total. The lowest BCUT2D eigenvalue weighted by molar-refractivity contribution is -0.140. The highest BCUT2D eigenvalue weighted by molar-refractivity contribution is 7.99. The van der Waals surface area contributed by atoms with Gasteiger partial charge in [0.1, 0.15) is 17.9 Å². The van der Waals surface area contributed by atoms with Gasteiger partial charge in [0, 0.05) is 23.2 Å². The third-order valence-electron chi connectivity index (χ3n) is 6.37. The number of aromatic nitrogens is 2. The first kappa shape index (κ1) is 19.4. The van der Waals surface area contributed by atoms with Crippen LogP contribution in [0.15, 0.2) is 46.5 Å². The zero-order valence-corrected chi connectivity index (χ0v) is 18.7. The van der Waals surface area contributed by atoms with Crippen molar-refractivity contribution in [1.82, 2.24) is 9.97 Å². The van der Waals surface area contributed by atoms with Gasteiger partial charge in [0.15, 0.2) is 0 Å². The van der Waals surface area contributed by atoms with E-state index < -0.39 is 0 Å². The van der Waals surface area contributed by atoms with Gasteiger partial charge in [-0.2, -0.15) is 0 Å². The molecule has 2 aromatic carbocycles. The summed E-state index contributed by atoms with van der Waals surface area (Å²) in [5.74, 6) is 2.40. The number of carbonyl (C=O) groups is 1. The molecule has 2 fully saturated rings. The van der Waals surface area contributed by atoms with Crippen molar-refractivity contribution in [2.75, 3.05) is 11.1 Å². The molecule has 5 nitrogen and oxygen atoms in total. The van der Waals surface area contributed by atoms with E-state index in [0.29, 0.717) is 11.1 Å². The molecule has 0 atom stereocenters. The summed E-state index contributed by atoms with van der Waals surface area (Å²) in [6, 6.07) is 13.0. The van der Waals surface area contributed by atoms with Gasteiger partial charge < -0.3 is 9.50 Å². The molecule has 2 aliphatic carbocycles. The average molecular weight is 450 g/mol. The van der Waals surface area contributed by atoms with E-state index in [1.54, 1.807) is 11.8 Å². The zero-order valence-electron chi connectivity index (χ0n) is 17.1. The van der Waals surface area contributed by atoms with Crippen LogP contribution in [0.25, 0.3) is 10.8 Å². The molecule has 0 saturated heterocycles. The van der Waals surface area contributed by atoms with Gasteiger partial charge in [-0.25, -0.2) is 9.97 Å². The van der Waals surface area contributed by atoms with Gasteiger partial charge in [0.25, 0.3) is 0 Å². The number of anilines is 2. The van der Waals surface area contributed by atoms with Gasteiger partial charge in [0.05, 0.1) is 16.5 Å². The Kier molecular flexibility index (Phi) is 5.03. The highest BCUT2D eigenvalue weighted by atomic mass is 32.2. The maximum absolute atomic E-state index is 12.1. The Labute approximate surface area is 190 Å². The molecule has 3 aliphatic rings. The van der Waals surface area contributed by atoms with Crippen LogP contribution in [0.1, 0.15) is 49.3 Å². The van der Waals surface area contributed by atoms with Gasteiger partial charge in [-0.05, 0) is 48.6 Å². The second-order valence-corrected chi connectivity index (χ2v) is 10.3. The van der Waals surface area contributed by atoms with Gasteiger partial charge >= 0.3 is 5.97 Å². The molecule has 0 unspecified atom stereocenters. The minimum Gasteiger partial charge on any atom is -0.382 e. The van der Waals surface area contributed by atoms with E-state index in [-0.39, 0.29) is 11.9 Å². The van der Waals surface area contributed by atoms with E-state index in [1.165, 1.54) is 29.2 Å². The van der Waals surface area contributed by atoms with Crippen molar-refractivity contribution in [2.45, 2.75) is 54.5 Å². The molecule has 3 aromatic rings. The van der Waals surface area contributed by atoms with E-state index >= 15 is 0 Å². The number of fused-ring (bicyclic) bond motifs is 2. The predicted octanol–water partition coefficient (Wildman–Crippen LogP) is 6.25. The normalized spacial score (nSPS) is 17.9. The minimum atomic E-state index is -0.147. The number of thioether (sulfide) groups is 1. The van der Waals surface area contributed by atoms with Crippen molar-refractivity contribution < 1.29 is 8.98 Å². The maximum Gasteiger partial charge on any atom is 0.321 e. The van der Waals surface area contributed by atoms with Crippen LogP contribution >= 0.6 is 23.8 Å². The van der Waals surface area contributed by atoms with Crippen LogP contribution in [0.5, 0.6) is 0 Å². The molecular formula is C24H23N3O2S2. The fourth-order valence-electron chi connectivity index (χ4n) is 4.27. The van der Waals surface area contributed by atoms with Gasteiger partial charge in [-0.15, -0.1) is 11.8 Å². The molecule has 0 amide bonds. The number of aryl methyl sites for hydroxylation is 1. The molecule has 6 rings (SSSR count). The summed E-state index contributed by atoms with van der Waals surface area (Å²) in [5, 5.41) is 6.61. The number of rotatable bonds is 6.